The second-order valence-electron chi connectivity index (χ2n) is 3.47. The number of amides is 1. The number of aromatic nitrogens is 5. The lowest BCUT2D eigenvalue weighted by Crippen LogP contribution is -2.23. The van der Waals surface area contributed by atoms with Gasteiger partial charge in [-0.15, -0.1) is 15.3 Å². The number of nitrogens with one attached hydrogen (secondary N) is 1. The summed E-state index contributed by atoms with van der Waals surface area (Å²) in [5.41, 5.74) is 0.800. The van der Waals surface area contributed by atoms with Gasteiger partial charge in [-0.25, -0.2) is 0 Å². The van der Waals surface area contributed by atoms with Gasteiger partial charge < -0.3 is 5.32 Å². The van der Waals surface area contributed by atoms with Gasteiger partial charge in [-0.2, -0.15) is 4.52 Å². The van der Waals surface area contributed by atoms with E-state index in [-0.39, 0.29) is 5.91 Å². The third-order valence-electron chi connectivity index (χ3n) is 2.24. The first-order valence-electron chi connectivity index (χ1n) is 5.18. The molecule has 3 heterocycles. The molecular formula is C10H8N6OS. The van der Waals surface area contributed by atoms with Gasteiger partial charge in [-0.05, 0) is 12.1 Å². The zero-order valence-electron chi connectivity index (χ0n) is 9.15. The highest BCUT2D eigenvalue weighted by Crippen LogP contribution is 2.11. The molecule has 0 radical (unpaired) electrons. The summed E-state index contributed by atoms with van der Waals surface area (Å²) in [5.74, 6) is -0.240. The highest BCUT2D eigenvalue weighted by molar-refractivity contribution is 7.18. The van der Waals surface area contributed by atoms with Crippen molar-refractivity contribution >= 4 is 22.2 Å². The SMILES string of the molecule is O=C(NCc1ccccn1)c1nn2cnnc2s1. The van der Waals surface area contributed by atoms with Crippen LogP contribution in [-0.2, 0) is 6.54 Å². The summed E-state index contributed by atoms with van der Waals surface area (Å²) in [6.45, 7) is 0.375. The van der Waals surface area contributed by atoms with Crippen molar-refractivity contribution < 1.29 is 4.79 Å². The van der Waals surface area contributed by atoms with Crippen LogP contribution in [0, 0.1) is 0 Å². The lowest BCUT2D eigenvalue weighted by molar-refractivity contribution is 0.0949. The Morgan fingerprint density at radius 3 is 3.17 bits per heavy atom. The standard InChI is InChI=1S/C10H8N6OS/c17-8(12-5-7-3-1-2-4-11-7)9-15-16-6-13-14-10(16)18-9/h1-4,6H,5H2,(H,12,17). The molecule has 0 fully saturated rings. The highest BCUT2D eigenvalue weighted by Gasteiger charge is 2.13. The monoisotopic (exact) mass is 260 g/mol. The number of pyridine rings is 1. The van der Waals surface area contributed by atoms with E-state index in [1.54, 1.807) is 6.20 Å². The molecule has 0 saturated carbocycles. The zero-order chi connectivity index (χ0) is 12.4. The smallest absolute Gasteiger partial charge is 0.282 e. The van der Waals surface area contributed by atoms with Crippen molar-refractivity contribution in [2.75, 3.05) is 0 Å². The van der Waals surface area contributed by atoms with Gasteiger partial charge in [0.1, 0.15) is 6.33 Å². The normalized spacial score (nSPS) is 10.7. The van der Waals surface area contributed by atoms with Gasteiger partial charge in [0.2, 0.25) is 9.97 Å². The highest BCUT2D eigenvalue weighted by atomic mass is 32.1. The summed E-state index contributed by atoms with van der Waals surface area (Å²) in [7, 11) is 0. The van der Waals surface area contributed by atoms with Crippen LogP contribution in [0.5, 0.6) is 0 Å². The summed E-state index contributed by atoms with van der Waals surface area (Å²) < 4.78 is 1.47. The Morgan fingerprint density at radius 1 is 1.44 bits per heavy atom. The van der Waals surface area contributed by atoms with Crippen LogP contribution in [0.3, 0.4) is 0 Å². The van der Waals surface area contributed by atoms with Gasteiger partial charge in [0.25, 0.3) is 5.91 Å². The molecule has 0 aromatic carbocycles. The van der Waals surface area contributed by atoms with Gasteiger partial charge in [-0.3, -0.25) is 9.78 Å². The molecule has 0 aliphatic heterocycles. The maximum Gasteiger partial charge on any atom is 0.282 e. The molecule has 1 amide bonds. The Bertz CT molecular complexity index is 647. The Morgan fingerprint density at radius 2 is 2.39 bits per heavy atom. The van der Waals surface area contributed by atoms with Gasteiger partial charge in [0.05, 0.1) is 12.2 Å². The average Bonchev–Trinajstić information content (AvgIpc) is 2.98. The Hall–Kier alpha value is -2.35. The molecule has 18 heavy (non-hydrogen) atoms. The van der Waals surface area contributed by atoms with E-state index in [2.05, 4.69) is 25.6 Å². The van der Waals surface area contributed by atoms with Crippen molar-refractivity contribution in [1.29, 1.82) is 0 Å². The lowest BCUT2D eigenvalue weighted by Gasteiger charge is -2.01. The topological polar surface area (TPSA) is 85.1 Å². The predicted molar refractivity (Wildman–Crippen MR) is 64.1 cm³/mol. The van der Waals surface area contributed by atoms with Gasteiger partial charge in [-0.1, -0.05) is 17.4 Å². The molecule has 3 rings (SSSR count). The predicted octanol–water partition coefficient (Wildman–Crippen LogP) is 0.511. The number of fused-ring (bicyclic) bond motifs is 1. The summed E-state index contributed by atoms with van der Waals surface area (Å²) in [6, 6.07) is 5.55. The van der Waals surface area contributed by atoms with Crippen molar-refractivity contribution in [2.45, 2.75) is 6.54 Å². The van der Waals surface area contributed by atoms with E-state index in [9.17, 15) is 4.79 Å². The largest absolute Gasteiger partial charge is 0.344 e. The van der Waals surface area contributed by atoms with E-state index in [0.717, 1.165) is 5.69 Å². The van der Waals surface area contributed by atoms with E-state index in [1.165, 1.54) is 22.2 Å². The number of nitrogens with zero attached hydrogens (tertiary/aromatic N) is 5. The van der Waals surface area contributed by atoms with Crippen LogP contribution < -0.4 is 5.32 Å². The van der Waals surface area contributed by atoms with E-state index in [0.29, 0.717) is 16.5 Å². The Balaban J connectivity index is 1.70. The average molecular weight is 260 g/mol. The Kier molecular flexibility index (Phi) is 2.69. The molecule has 0 atom stereocenters. The third kappa shape index (κ3) is 2.05. The first-order chi connectivity index (χ1) is 8.83. The van der Waals surface area contributed by atoms with Gasteiger partial charge in [0.15, 0.2) is 0 Å². The van der Waals surface area contributed by atoms with Crippen molar-refractivity contribution in [1.82, 2.24) is 30.1 Å². The number of hydrogen-bond acceptors (Lipinski definition) is 6. The molecule has 3 aromatic heterocycles. The minimum absolute atomic E-state index is 0.240. The van der Waals surface area contributed by atoms with Crippen molar-refractivity contribution in [3.8, 4) is 0 Å². The van der Waals surface area contributed by atoms with Crippen LogP contribution >= 0.6 is 11.3 Å². The first-order valence-corrected chi connectivity index (χ1v) is 5.99. The van der Waals surface area contributed by atoms with E-state index in [1.807, 2.05) is 18.2 Å². The number of rotatable bonds is 3. The van der Waals surface area contributed by atoms with Crippen molar-refractivity contribution in [3.63, 3.8) is 0 Å². The van der Waals surface area contributed by atoms with E-state index in [4.69, 9.17) is 0 Å². The molecule has 0 saturated heterocycles. The number of hydrogen-bond donors (Lipinski definition) is 1. The molecule has 0 spiro atoms. The molecule has 0 unspecified atom stereocenters. The zero-order valence-corrected chi connectivity index (χ0v) is 9.96. The molecule has 0 aliphatic carbocycles. The maximum atomic E-state index is 11.8. The maximum absolute atomic E-state index is 11.8. The molecule has 7 nitrogen and oxygen atoms in total. The Labute approximate surface area is 106 Å². The summed E-state index contributed by atoms with van der Waals surface area (Å²) in [5, 5.41) is 14.7. The van der Waals surface area contributed by atoms with Crippen LogP contribution in [-0.4, -0.2) is 30.7 Å². The van der Waals surface area contributed by atoms with Gasteiger partial charge in [0, 0.05) is 6.20 Å². The first kappa shape index (κ1) is 10.8. The molecule has 3 aromatic rings. The van der Waals surface area contributed by atoms with Crippen molar-refractivity contribution in [3.05, 3.63) is 41.4 Å². The van der Waals surface area contributed by atoms with Crippen LogP contribution in [0.2, 0.25) is 0 Å². The summed E-state index contributed by atoms with van der Waals surface area (Å²) >= 11 is 1.19. The summed E-state index contributed by atoms with van der Waals surface area (Å²) in [6.07, 6.45) is 3.14. The molecular weight excluding hydrogens is 252 g/mol. The number of carbonyl (C=O) groups is 1. The van der Waals surface area contributed by atoms with E-state index < -0.39 is 0 Å². The van der Waals surface area contributed by atoms with Gasteiger partial charge >= 0.3 is 0 Å². The fraction of sp³-hybridized carbons (Fsp3) is 0.100. The lowest BCUT2D eigenvalue weighted by atomic mass is 10.3. The van der Waals surface area contributed by atoms with Crippen LogP contribution in [0.1, 0.15) is 15.5 Å². The molecule has 0 bridgehead atoms. The molecule has 0 aliphatic rings. The fourth-order valence-electron chi connectivity index (χ4n) is 1.40. The van der Waals surface area contributed by atoms with Crippen molar-refractivity contribution in [2.24, 2.45) is 0 Å². The van der Waals surface area contributed by atoms with Crippen LogP contribution in [0.4, 0.5) is 0 Å². The fourth-order valence-corrected chi connectivity index (χ4v) is 2.14. The second kappa shape index (κ2) is 4.49. The quantitative estimate of drug-likeness (QED) is 0.741. The number of carbonyl (C=O) groups excluding carboxylic acids is 1. The van der Waals surface area contributed by atoms with Crippen LogP contribution in [0.25, 0.3) is 4.96 Å². The summed E-state index contributed by atoms with van der Waals surface area (Å²) in [4.78, 5) is 16.5. The third-order valence-corrected chi connectivity index (χ3v) is 3.15. The molecule has 90 valence electrons. The minimum Gasteiger partial charge on any atom is -0.344 e. The molecule has 8 heteroatoms. The van der Waals surface area contributed by atoms with Crippen LogP contribution in [0.15, 0.2) is 30.7 Å². The van der Waals surface area contributed by atoms with E-state index >= 15 is 0 Å². The minimum atomic E-state index is -0.240. The molecule has 1 N–H and O–H groups in total. The second-order valence-corrected chi connectivity index (χ2v) is 4.43.